The Kier molecular flexibility index (Phi) is 6.11. The van der Waals surface area contributed by atoms with Gasteiger partial charge in [0.1, 0.15) is 0 Å². The van der Waals surface area contributed by atoms with Gasteiger partial charge in [-0.15, -0.1) is 11.8 Å². The molecular formula is C29H31ClN4S. The van der Waals surface area contributed by atoms with Gasteiger partial charge >= 0.3 is 0 Å². The first-order valence-electron chi connectivity index (χ1n) is 12.5. The molecule has 4 atom stereocenters. The van der Waals surface area contributed by atoms with Crippen LogP contribution in [0.1, 0.15) is 46.7 Å². The predicted molar refractivity (Wildman–Crippen MR) is 146 cm³/mol. The Morgan fingerprint density at radius 3 is 2.66 bits per heavy atom. The number of pyridine rings is 1. The fourth-order valence-electron chi connectivity index (χ4n) is 6.43. The number of anilines is 1. The van der Waals surface area contributed by atoms with Gasteiger partial charge in [-0.05, 0) is 85.4 Å². The van der Waals surface area contributed by atoms with Gasteiger partial charge in [0.2, 0.25) is 0 Å². The zero-order valence-electron chi connectivity index (χ0n) is 20.0. The van der Waals surface area contributed by atoms with E-state index in [9.17, 15) is 0 Å². The van der Waals surface area contributed by atoms with Crippen molar-refractivity contribution in [1.82, 2.24) is 9.88 Å². The largest absolute Gasteiger partial charge is 0.398 e. The molecule has 0 amide bonds. The highest BCUT2D eigenvalue weighted by atomic mass is 35.5. The van der Waals surface area contributed by atoms with Crippen LogP contribution in [0.15, 0.2) is 59.6 Å². The van der Waals surface area contributed by atoms with E-state index in [0.717, 1.165) is 39.2 Å². The van der Waals surface area contributed by atoms with Crippen molar-refractivity contribution in [3.8, 4) is 0 Å². The highest BCUT2D eigenvalue weighted by molar-refractivity contribution is 7.99. The number of aryl methyl sites for hydroxylation is 1. The summed E-state index contributed by atoms with van der Waals surface area (Å²) in [5.74, 6) is 3.08. The van der Waals surface area contributed by atoms with Crippen LogP contribution in [0.2, 0.25) is 5.02 Å². The van der Waals surface area contributed by atoms with Crippen molar-refractivity contribution < 1.29 is 0 Å². The van der Waals surface area contributed by atoms with Crippen molar-refractivity contribution in [3.05, 3.63) is 87.7 Å². The number of benzene rings is 2. The van der Waals surface area contributed by atoms with Crippen LogP contribution in [0.5, 0.6) is 0 Å². The van der Waals surface area contributed by atoms with Crippen LogP contribution < -0.4 is 5.73 Å². The molecule has 0 radical (unpaired) electrons. The zero-order chi connectivity index (χ0) is 24.1. The topological polar surface area (TPSA) is 66.0 Å². The number of hydrogen-bond acceptors (Lipinski definition) is 5. The van der Waals surface area contributed by atoms with Crippen LogP contribution in [-0.2, 0) is 6.42 Å². The van der Waals surface area contributed by atoms with Crippen LogP contribution in [-0.4, -0.2) is 40.5 Å². The maximum absolute atomic E-state index is 8.80. The summed E-state index contributed by atoms with van der Waals surface area (Å²) in [4.78, 5) is 8.48. The summed E-state index contributed by atoms with van der Waals surface area (Å²) in [6.07, 6.45) is 5.26. The van der Waals surface area contributed by atoms with Gasteiger partial charge in [-0.25, -0.2) is 0 Å². The minimum absolute atomic E-state index is 0.436. The maximum Gasteiger partial charge on any atom is 0.0706 e. The Labute approximate surface area is 216 Å². The predicted octanol–water partition coefficient (Wildman–Crippen LogP) is 6.18. The summed E-state index contributed by atoms with van der Waals surface area (Å²) in [6.45, 7) is 4.33. The summed E-state index contributed by atoms with van der Waals surface area (Å²) in [5, 5.41) is 9.55. The first-order chi connectivity index (χ1) is 17.0. The third-order valence-corrected chi connectivity index (χ3v) is 9.81. The molecule has 6 rings (SSSR count). The summed E-state index contributed by atoms with van der Waals surface area (Å²) >= 11 is 8.76. The molecule has 3 aromatic rings. The molecule has 180 valence electrons. The van der Waals surface area contributed by atoms with Gasteiger partial charge in [0.05, 0.1) is 5.71 Å². The molecule has 4 nitrogen and oxygen atoms in total. The highest BCUT2D eigenvalue weighted by Crippen LogP contribution is 2.49. The summed E-state index contributed by atoms with van der Waals surface area (Å²) in [7, 11) is 0. The number of nitrogens with two attached hydrogens (primary N) is 1. The van der Waals surface area contributed by atoms with E-state index < -0.39 is 0 Å². The number of nitrogens with zero attached hydrogens (tertiary/aromatic N) is 2. The van der Waals surface area contributed by atoms with E-state index in [1.165, 1.54) is 48.6 Å². The Morgan fingerprint density at radius 1 is 1.11 bits per heavy atom. The Balaban J connectivity index is 1.17. The third kappa shape index (κ3) is 4.39. The standard InChI is InChI=1S/C29H31ClN4S/c1-17-8-19(6-7-33-17)29(32)25-12-24(26(30)13-27(25)31)20-9-21-14-34(15-22(21)10-20)23-11-18-4-2-3-5-28(18)35-16-23/h2-8,12-13,20-23,32H,9-11,14-16,31H2,1H3/t20?,21-,22+,23?. The number of nitrogens with one attached hydrogen (secondary N) is 1. The molecule has 0 bridgehead atoms. The van der Waals surface area contributed by atoms with Crippen LogP contribution in [0, 0.1) is 24.2 Å². The van der Waals surface area contributed by atoms with E-state index in [-0.39, 0.29) is 0 Å². The molecule has 2 aliphatic heterocycles. The number of nitrogen functional groups attached to an aromatic ring is 1. The summed E-state index contributed by atoms with van der Waals surface area (Å²) in [5.41, 5.74) is 12.5. The second kappa shape index (κ2) is 9.27. The van der Waals surface area contributed by atoms with E-state index in [4.69, 9.17) is 22.7 Å². The molecule has 2 fully saturated rings. The third-order valence-electron chi connectivity index (χ3n) is 8.22. The smallest absolute Gasteiger partial charge is 0.0706 e. The molecule has 35 heavy (non-hydrogen) atoms. The van der Waals surface area contributed by atoms with Crippen LogP contribution in [0.3, 0.4) is 0 Å². The van der Waals surface area contributed by atoms with E-state index in [2.05, 4.69) is 40.2 Å². The second-order valence-electron chi connectivity index (χ2n) is 10.4. The lowest BCUT2D eigenvalue weighted by atomic mass is 9.91. The normalized spacial score (nSPS) is 25.9. The van der Waals surface area contributed by atoms with E-state index in [1.807, 2.05) is 36.9 Å². The molecule has 0 spiro atoms. The Bertz CT molecular complexity index is 1280. The van der Waals surface area contributed by atoms with Gasteiger partial charge in [-0.1, -0.05) is 29.8 Å². The number of likely N-dealkylation sites (tertiary alicyclic amines) is 1. The number of rotatable bonds is 4. The fraction of sp³-hybridized carbons (Fsp3) is 0.379. The van der Waals surface area contributed by atoms with Gasteiger partial charge < -0.3 is 5.73 Å². The van der Waals surface area contributed by atoms with Crippen LogP contribution >= 0.6 is 23.4 Å². The van der Waals surface area contributed by atoms with Crippen LogP contribution in [0.25, 0.3) is 0 Å². The number of fused-ring (bicyclic) bond motifs is 2. The van der Waals surface area contributed by atoms with Gasteiger partial charge in [-0.3, -0.25) is 15.3 Å². The van der Waals surface area contributed by atoms with E-state index in [0.29, 0.717) is 23.4 Å². The lowest BCUT2D eigenvalue weighted by Crippen LogP contribution is -2.39. The molecule has 2 aromatic carbocycles. The van der Waals surface area contributed by atoms with Crippen molar-refractivity contribution in [1.29, 1.82) is 5.41 Å². The summed E-state index contributed by atoms with van der Waals surface area (Å²) in [6, 6.07) is 17.3. The molecule has 1 aliphatic carbocycles. The lowest BCUT2D eigenvalue weighted by Gasteiger charge is -2.32. The monoisotopic (exact) mass is 502 g/mol. The van der Waals surface area contributed by atoms with Crippen molar-refractivity contribution in [2.24, 2.45) is 11.8 Å². The van der Waals surface area contributed by atoms with Crippen molar-refractivity contribution in [2.75, 3.05) is 24.6 Å². The molecule has 1 saturated heterocycles. The SMILES string of the molecule is Cc1cc(C(=N)c2cc(C3C[C@@H]4CN(C5CSc6ccccc6C5)C[C@@H]4C3)c(Cl)cc2N)ccn1. The van der Waals surface area contributed by atoms with Gasteiger partial charge in [0, 0.05) is 63.5 Å². The molecular weight excluding hydrogens is 472 g/mol. The highest BCUT2D eigenvalue weighted by Gasteiger charge is 2.44. The first kappa shape index (κ1) is 23.1. The minimum atomic E-state index is 0.436. The van der Waals surface area contributed by atoms with Gasteiger partial charge in [0.15, 0.2) is 0 Å². The molecule has 1 saturated carbocycles. The molecule has 2 unspecified atom stereocenters. The molecule has 6 heteroatoms. The molecule has 1 aromatic heterocycles. The van der Waals surface area contributed by atoms with E-state index in [1.54, 1.807) is 6.20 Å². The zero-order valence-corrected chi connectivity index (χ0v) is 21.6. The average molecular weight is 503 g/mol. The molecule has 3 heterocycles. The number of aromatic nitrogens is 1. The quantitative estimate of drug-likeness (QED) is 0.330. The summed E-state index contributed by atoms with van der Waals surface area (Å²) < 4.78 is 0. The second-order valence-corrected chi connectivity index (χ2v) is 11.9. The Hall–Kier alpha value is -2.34. The average Bonchev–Trinajstić information content (AvgIpc) is 3.43. The van der Waals surface area contributed by atoms with Crippen molar-refractivity contribution in [3.63, 3.8) is 0 Å². The van der Waals surface area contributed by atoms with Crippen molar-refractivity contribution >= 4 is 34.8 Å². The lowest BCUT2D eigenvalue weighted by molar-refractivity contribution is 0.237. The Morgan fingerprint density at radius 2 is 1.89 bits per heavy atom. The van der Waals surface area contributed by atoms with Gasteiger partial charge in [-0.2, -0.15) is 0 Å². The van der Waals surface area contributed by atoms with Crippen LogP contribution in [0.4, 0.5) is 5.69 Å². The number of thioether (sulfide) groups is 1. The maximum atomic E-state index is 8.80. The van der Waals surface area contributed by atoms with Crippen molar-refractivity contribution in [2.45, 2.75) is 43.0 Å². The van der Waals surface area contributed by atoms with Gasteiger partial charge in [0.25, 0.3) is 0 Å². The minimum Gasteiger partial charge on any atom is -0.398 e. The van der Waals surface area contributed by atoms with E-state index >= 15 is 0 Å². The fourth-order valence-corrected chi connectivity index (χ4v) is 7.96. The number of halogens is 1. The number of hydrogen-bond donors (Lipinski definition) is 2. The molecule has 3 N–H and O–H groups in total. The first-order valence-corrected chi connectivity index (χ1v) is 13.9. The molecule has 3 aliphatic rings.